The molecular formula is C13H13N3O2. The van der Waals surface area contributed by atoms with Crippen molar-refractivity contribution in [2.45, 2.75) is 6.92 Å². The Morgan fingerprint density at radius 2 is 2.22 bits per heavy atom. The van der Waals surface area contributed by atoms with Gasteiger partial charge in [0.1, 0.15) is 0 Å². The number of nitrogens with zero attached hydrogens (tertiary/aromatic N) is 1. The van der Waals surface area contributed by atoms with Crippen molar-refractivity contribution in [2.75, 3.05) is 12.8 Å². The number of nitrogens with one attached hydrogen (secondary N) is 1. The highest BCUT2D eigenvalue weighted by Gasteiger charge is 2.13. The zero-order valence-electron chi connectivity index (χ0n) is 10.2. The molecule has 18 heavy (non-hydrogen) atoms. The van der Waals surface area contributed by atoms with Gasteiger partial charge in [-0.25, -0.2) is 4.98 Å². The van der Waals surface area contributed by atoms with Crippen LogP contribution in [0.1, 0.15) is 5.69 Å². The fourth-order valence-electron chi connectivity index (χ4n) is 2.10. The fourth-order valence-corrected chi connectivity index (χ4v) is 2.10. The molecule has 1 aromatic carbocycles. The first kappa shape index (κ1) is 10.7. The lowest BCUT2D eigenvalue weighted by Gasteiger charge is -2.04. The number of rotatable bonds is 2. The number of nitrogens with two attached hydrogens (primary N) is 1. The van der Waals surface area contributed by atoms with Crippen molar-refractivity contribution in [1.82, 2.24) is 9.97 Å². The van der Waals surface area contributed by atoms with E-state index < -0.39 is 0 Å². The molecule has 0 aliphatic heterocycles. The molecule has 0 amide bonds. The van der Waals surface area contributed by atoms with Crippen LogP contribution in [0, 0.1) is 6.92 Å². The number of aromatic amines is 1. The van der Waals surface area contributed by atoms with E-state index in [0.29, 0.717) is 11.4 Å². The van der Waals surface area contributed by atoms with E-state index in [-0.39, 0.29) is 0 Å². The maximum atomic E-state index is 5.88. The van der Waals surface area contributed by atoms with Gasteiger partial charge < -0.3 is 19.9 Å². The van der Waals surface area contributed by atoms with Crippen LogP contribution < -0.4 is 10.5 Å². The Hall–Kier alpha value is -2.43. The Morgan fingerprint density at radius 1 is 1.39 bits per heavy atom. The molecule has 0 aliphatic rings. The number of ether oxygens (including phenoxy) is 1. The maximum Gasteiger partial charge on any atom is 0.181 e. The smallest absolute Gasteiger partial charge is 0.181 e. The molecule has 0 saturated carbocycles. The number of benzene rings is 1. The molecule has 0 saturated heterocycles. The van der Waals surface area contributed by atoms with Crippen LogP contribution in [0.4, 0.5) is 5.69 Å². The lowest BCUT2D eigenvalue weighted by atomic mass is 10.2. The number of hydrogen-bond donors (Lipinski definition) is 2. The number of nitrogen functional groups attached to an aromatic ring is 1. The molecule has 0 atom stereocenters. The summed E-state index contributed by atoms with van der Waals surface area (Å²) in [5, 5.41) is 0.934. The zero-order chi connectivity index (χ0) is 12.7. The van der Waals surface area contributed by atoms with Crippen molar-refractivity contribution in [2.24, 2.45) is 0 Å². The number of aromatic nitrogens is 2. The second-order valence-corrected chi connectivity index (χ2v) is 4.10. The van der Waals surface area contributed by atoms with Gasteiger partial charge in [-0.2, -0.15) is 0 Å². The van der Waals surface area contributed by atoms with E-state index in [4.69, 9.17) is 14.9 Å². The first-order valence-corrected chi connectivity index (χ1v) is 5.56. The quantitative estimate of drug-likeness (QED) is 0.678. The molecule has 2 aromatic heterocycles. The molecule has 5 nitrogen and oxygen atoms in total. The summed E-state index contributed by atoms with van der Waals surface area (Å²) in [5.74, 6) is 1.40. The molecule has 5 heteroatoms. The summed E-state index contributed by atoms with van der Waals surface area (Å²) >= 11 is 0. The Bertz CT molecular complexity index is 712. The maximum absolute atomic E-state index is 5.88. The number of fused-ring (bicyclic) bond motifs is 1. The number of methoxy groups -OCH3 is 1. The average Bonchev–Trinajstić information content (AvgIpc) is 2.94. The van der Waals surface area contributed by atoms with Crippen LogP contribution in [0.25, 0.3) is 22.4 Å². The summed E-state index contributed by atoms with van der Waals surface area (Å²) in [6.07, 6.45) is 1.43. The first-order valence-electron chi connectivity index (χ1n) is 5.56. The predicted molar refractivity (Wildman–Crippen MR) is 69.5 cm³/mol. The Balaban J connectivity index is 2.26. The van der Waals surface area contributed by atoms with E-state index in [9.17, 15) is 0 Å². The zero-order valence-corrected chi connectivity index (χ0v) is 10.2. The van der Waals surface area contributed by atoms with Crippen molar-refractivity contribution in [1.29, 1.82) is 0 Å². The summed E-state index contributed by atoms with van der Waals surface area (Å²) < 4.78 is 10.7. The van der Waals surface area contributed by atoms with Crippen LogP contribution in [0.15, 0.2) is 29.0 Å². The van der Waals surface area contributed by atoms with E-state index in [1.54, 1.807) is 7.11 Å². The molecule has 92 valence electrons. The van der Waals surface area contributed by atoms with Crippen molar-refractivity contribution >= 4 is 16.6 Å². The standard InChI is InChI=1S/C13H13N3O2/c1-7-12(18-6-15-7)11-5-8-10(16-11)4-3-9(14)13(8)17-2/h3-6,16H,14H2,1-2H3. The first-order chi connectivity index (χ1) is 8.70. The van der Waals surface area contributed by atoms with E-state index in [2.05, 4.69) is 9.97 Å². The lowest BCUT2D eigenvalue weighted by Crippen LogP contribution is -1.91. The van der Waals surface area contributed by atoms with Gasteiger partial charge >= 0.3 is 0 Å². The van der Waals surface area contributed by atoms with E-state index >= 15 is 0 Å². The summed E-state index contributed by atoms with van der Waals surface area (Å²) in [5.41, 5.74) is 9.15. The predicted octanol–water partition coefficient (Wildman–Crippen LogP) is 2.72. The molecule has 0 fully saturated rings. The highest BCUT2D eigenvalue weighted by atomic mass is 16.5. The van der Waals surface area contributed by atoms with Gasteiger partial charge in [-0.1, -0.05) is 0 Å². The second-order valence-electron chi connectivity index (χ2n) is 4.10. The van der Waals surface area contributed by atoms with Gasteiger partial charge in [-0.3, -0.25) is 0 Å². The highest BCUT2D eigenvalue weighted by molar-refractivity contribution is 5.94. The van der Waals surface area contributed by atoms with Crippen LogP contribution in [-0.2, 0) is 0 Å². The number of H-pyrrole nitrogens is 1. The van der Waals surface area contributed by atoms with Crippen LogP contribution in [0.2, 0.25) is 0 Å². The summed E-state index contributed by atoms with van der Waals surface area (Å²) in [6.45, 7) is 1.90. The Morgan fingerprint density at radius 3 is 2.89 bits per heavy atom. The largest absolute Gasteiger partial charge is 0.494 e. The fraction of sp³-hybridized carbons (Fsp3) is 0.154. The van der Waals surface area contributed by atoms with Crippen LogP contribution >= 0.6 is 0 Å². The van der Waals surface area contributed by atoms with Crippen LogP contribution in [0.3, 0.4) is 0 Å². The second kappa shape index (κ2) is 3.80. The molecule has 3 rings (SSSR count). The topological polar surface area (TPSA) is 77.1 Å². The van der Waals surface area contributed by atoms with Crippen molar-refractivity contribution < 1.29 is 9.15 Å². The Labute approximate surface area is 104 Å². The van der Waals surface area contributed by atoms with Gasteiger partial charge in [-0.15, -0.1) is 0 Å². The van der Waals surface area contributed by atoms with Crippen molar-refractivity contribution in [3.8, 4) is 17.2 Å². The van der Waals surface area contributed by atoms with Gasteiger partial charge in [0.15, 0.2) is 17.9 Å². The summed E-state index contributed by atoms with van der Waals surface area (Å²) in [4.78, 5) is 7.35. The molecule has 0 bridgehead atoms. The van der Waals surface area contributed by atoms with Gasteiger partial charge in [0.05, 0.1) is 24.2 Å². The summed E-state index contributed by atoms with van der Waals surface area (Å²) in [6, 6.07) is 5.69. The monoisotopic (exact) mass is 243 g/mol. The number of aryl methyl sites for hydroxylation is 1. The third-order valence-electron chi connectivity index (χ3n) is 2.98. The van der Waals surface area contributed by atoms with Crippen LogP contribution in [0.5, 0.6) is 5.75 Å². The Kier molecular flexibility index (Phi) is 2.26. The minimum absolute atomic E-state index is 0.616. The number of anilines is 1. The average molecular weight is 243 g/mol. The van der Waals surface area contributed by atoms with Gasteiger partial charge in [-0.05, 0) is 25.1 Å². The van der Waals surface area contributed by atoms with E-state index in [1.807, 2.05) is 25.1 Å². The molecule has 0 aliphatic carbocycles. The molecular weight excluding hydrogens is 230 g/mol. The SMILES string of the molecule is COc1c(N)ccc2[nH]c(-c3ocnc3C)cc12. The minimum Gasteiger partial charge on any atom is -0.494 e. The third kappa shape index (κ3) is 1.44. The normalized spacial score (nSPS) is 11.0. The molecule has 0 spiro atoms. The van der Waals surface area contributed by atoms with Gasteiger partial charge in [0.25, 0.3) is 0 Å². The number of hydrogen-bond acceptors (Lipinski definition) is 4. The van der Waals surface area contributed by atoms with Crippen molar-refractivity contribution in [3.63, 3.8) is 0 Å². The van der Waals surface area contributed by atoms with Crippen LogP contribution in [-0.4, -0.2) is 17.1 Å². The highest BCUT2D eigenvalue weighted by Crippen LogP contribution is 2.35. The molecule has 3 N–H and O–H groups in total. The van der Waals surface area contributed by atoms with E-state index in [0.717, 1.165) is 28.1 Å². The molecule has 0 radical (unpaired) electrons. The summed E-state index contributed by atoms with van der Waals surface area (Å²) in [7, 11) is 1.61. The van der Waals surface area contributed by atoms with Crippen molar-refractivity contribution in [3.05, 3.63) is 30.3 Å². The van der Waals surface area contributed by atoms with E-state index in [1.165, 1.54) is 6.39 Å². The molecule has 2 heterocycles. The van der Waals surface area contributed by atoms with Gasteiger partial charge in [0.2, 0.25) is 0 Å². The lowest BCUT2D eigenvalue weighted by molar-refractivity contribution is 0.422. The minimum atomic E-state index is 0.616. The number of oxazole rings is 1. The molecule has 3 aromatic rings. The van der Waals surface area contributed by atoms with Gasteiger partial charge in [0, 0.05) is 10.9 Å². The molecule has 0 unspecified atom stereocenters. The third-order valence-corrected chi connectivity index (χ3v) is 2.98.